The van der Waals surface area contributed by atoms with E-state index in [-0.39, 0.29) is 24.1 Å². The second-order valence-electron chi connectivity index (χ2n) is 9.53. The molecular formula is C22H33BN2O5. The zero-order chi connectivity index (χ0) is 22.4. The lowest BCUT2D eigenvalue weighted by Crippen LogP contribution is -2.46. The fraction of sp³-hybridized carbons (Fsp3) is 0.636. The van der Waals surface area contributed by atoms with Crippen LogP contribution in [-0.2, 0) is 18.8 Å². The standard InChI is InChI=1S/C22H33BN2O5/c1-13(2)28-20(27)24-18-11-14(3)25(15(4)26)19-10-9-16(12-17(18)19)23-29-21(5,6)22(7,8)30-23/h9-10,12-14,18H,11H2,1-8H3,(H,24,27)/t14-,18+/m1/s1. The molecule has 7 nitrogen and oxygen atoms in total. The second kappa shape index (κ2) is 7.89. The molecule has 1 fully saturated rings. The lowest BCUT2D eigenvalue weighted by Gasteiger charge is -2.39. The van der Waals surface area contributed by atoms with Crippen molar-refractivity contribution in [3.8, 4) is 0 Å². The third-order valence-corrected chi connectivity index (χ3v) is 6.20. The highest BCUT2D eigenvalue weighted by atomic mass is 16.7. The average molecular weight is 416 g/mol. The van der Waals surface area contributed by atoms with E-state index in [1.54, 1.807) is 11.8 Å². The van der Waals surface area contributed by atoms with Crippen molar-refractivity contribution in [1.82, 2.24) is 5.32 Å². The number of rotatable bonds is 3. The Morgan fingerprint density at radius 2 is 1.80 bits per heavy atom. The number of nitrogens with zero attached hydrogens (tertiary/aromatic N) is 1. The first-order chi connectivity index (χ1) is 13.8. The number of benzene rings is 1. The highest BCUT2D eigenvalue weighted by Crippen LogP contribution is 2.39. The number of hydrogen-bond acceptors (Lipinski definition) is 5. The van der Waals surface area contributed by atoms with Crippen molar-refractivity contribution in [2.75, 3.05) is 4.90 Å². The number of nitrogens with one attached hydrogen (secondary N) is 1. The molecule has 2 aliphatic rings. The number of carbonyl (C=O) groups excluding carboxylic acids is 2. The minimum absolute atomic E-state index is 0.0321. The summed E-state index contributed by atoms with van der Waals surface area (Å²) < 4.78 is 17.7. The maximum absolute atomic E-state index is 12.3. The molecule has 8 heteroatoms. The zero-order valence-corrected chi connectivity index (χ0v) is 19.2. The van der Waals surface area contributed by atoms with Crippen LogP contribution in [0.3, 0.4) is 0 Å². The van der Waals surface area contributed by atoms with E-state index >= 15 is 0 Å². The summed E-state index contributed by atoms with van der Waals surface area (Å²) in [6, 6.07) is 5.48. The highest BCUT2D eigenvalue weighted by molar-refractivity contribution is 6.62. The molecular weight excluding hydrogens is 383 g/mol. The van der Waals surface area contributed by atoms with Gasteiger partial charge < -0.3 is 24.3 Å². The molecule has 2 amide bonds. The SMILES string of the molecule is CC(=O)N1c2ccc(B3OC(C)(C)C(C)(C)O3)cc2[C@@H](NC(=O)OC(C)C)C[C@H]1C. The van der Waals surface area contributed by atoms with Gasteiger partial charge in [-0.1, -0.05) is 12.1 Å². The largest absolute Gasteiger partial charge is 0.494 e. The normalized spacial score (nSPS) is 24.6. The molecule has 0 unspecified atom stereocenters. The molecule has 0 spiro atoms. The molecule has 2 heterocycles. The highest BCUT2D eigenvalue weighted by Gasteiger charge is 2.52. The van der Waals surface area contributed by atoms with Gasteiger partial charge in [-0.3, -0.25) is 4.79 Å². The van der Waals surface area contributed by atoms with Crippen LogP contribution in [0.2, 0.25) is 0 Å². The summed E-state index contributed by atoms with van der Waals surface area (Å²) in [5, 5.41) is 2.97. The molecule has 164 valence electrons. The van der Waals surface area contributed by atoms with Gasteiger partial charge in [0.15, 0.2) is 0 Å². The maximum Gasteiger partial charge on any atom is 0.494 e. The smallest absolute Gasteiger partial charge is 0.447 e. The van der Waals surface area contributed by atoms with Crippen LogP contribution in [-0.4, -0.2) is 42.5 Å². The monoisotopic (exact) mass is 416 g/mol. The summed E-state index contributed by atoms with van der Waals surface area (Å²) in [5.74, 6) is -0.0321. The lowest BCUT2D eigenvalue weighted by atomic mass is 9.76. The number of alkyl carbamates (subject to hydrolysis) is 1. The van der Waals surface area contributed by atoms with E-state index < -0.39 is 24.4 Å². The molecule has 1 aromatic carbocycles. The fourth-order valence-electron chi connectivity index (χ4n) is 4.02. The molecule has 3 rings (SSSR count). The van der Waals surface area contributed by atoms with Crippen LogP contribution in [0.5, 0.6) is 0 Å². The van der Waals surface area contributed by atoms with Crippen molar-refractivity contribution < 1.29 is 23.6 Å². The Morgan fingerprint density at radius 3 is 2.33 bits per heavy atom. The van der Waals surface area contributed by atoms with E-state index in [1.807, 2.05) is 66.7 Å². The van der Waals surface area contributed by atoms with Crippen LogP contribution in [0.25, 0.3) is 0 Å². The predicted octanol–water partition coefficient (Wildman–Crippen LogP) is 3.31. The number of amides is 2. The van der Waals surface area contributed by atoms with Gasteiger partial charge in [0.05, 0.1) is 23.3 Å². The average Bonchev–Trinajstić information content (AvgIpc) is 2.81. The van der Waals surface area contributed by atoms with Crippen LogP contribution >= 0.6 is 0 Å². The van der Waals surface area contributed by atoms with E-state index in [9.17, 15) is 9.59 Å². The second-order valence-corrected chi connectivity index (χ2v) is 9.53. The Morgan fingerprint density at radius 1 is 1.20 bits per heavy atom. The molecule has 0 bridgehead atoms. The first kappa shape index (κ1) is 22.6. The maximum atomic E-state index is 12.3. The van der Waals surface area contributed by atoms with Gasteiger partial charge in [0.25, 0.3) is 0 Å². The number of carbonyl (C=O) groups is 2. The van der Waals surface area contributed by atoms with E-state index in [2.05, 4.69) is 5.32 Å². The van der Waals surface area contributed by atoms with Crippen molar-refractivity contribution in [1.29, 1.82) is 0 Å². The van der Waals surface area contributed by atoms with Gasteiger partial charge in [0, 0.05) is 18.7 Å². The number of fused-ring (bicyclic) bond motifs is 1. The van der Waals surface area contributed by atoms with Gasteiger partial charge in [-0.15, -0.1) is 0 Å². The molecule has 2 atom stereocenters. The summed E-state index contributed by atoms with van der Waals surface area (Å²) in [6.07, 6.45) is -0.0900. The molecule has 1 aromatic rings. The molecule has 0 saturated carbocycles. The van der Waals surface area contributed by atoms with Gasteiger partial charge in [0.2, 0.25) is 5.91 Å². The van der Waals surface area contributed by atoms with Crippen LogP contribution in [0, 0.1) is 0 Å². The fourth-order valence-corrected chi connectivity index (χ4v) is 4.02. The Balaban J connectivity index is 1.97. The van der Waals surface area contributed by atoms with E-state index in [0.29, 0.717) is 6.42 Å². The van der Waals surface area contributed by atoms with Crippen LogP contribution in [0.4, 0.5) is 10.5 Å². The Hall–Kier alpha value is -2.06. The summed E-state index contributed by atoms with van der Waals surface area (Å²) in [7, 11) is -0.520. The summed E-state index contributed by atoms with van der Waals surface area (Å²) in [4.78, 5) is 26.4. The van der Waals surface area contributed by atoms with E-state index in [4.69, 9.17) is 14.0 Å². The molecule has 0 radical (unpaired) electrons. The molecule has 0 aromatic heterocycles. The third kappa shape index (κ3) is 4.21. The summed E-state index contributed by atoms with van der Waals surface area (Å²) in [5.41, 5.74) is 1.60. The summed E-state index contributed by atoms with van der Waals surface area (Å²) in [6.45, 7) is 15.2. The molecule has 2 aliphatic heterocycles. The van der Waals surface area contributed by atoms with Crippen LogP contribution in [0.1, 0.15) is 73.4 Å². The van der Waals surface area contributed by atoms with Crippen molar-refractivity contribution in [3.05, 3.63) is 23.8 Å². The first-order valence-corrected chi connectivity index (χ1v) is 10.6. The van der Waals surface area contributed by atoms with Crippen molar-refractivity contribution in [2.24, 2.45) is 0 Å². The zero-order valence-electron chi connectivity index (χ0n) is 19.2. The molecule has 0 aliphatic carbocycles. The minimum atomic E-state index is -0.520. The van der Waals surface area contributed by atoms with Crippen molar-refractivity contribution in [3.63, 3.8) is 0 Å². The van der Waals surface area contributed by atoms with Gasteiger partial charge in [-0.05, 0) is 72.0 Å². The van der Waals surface area contributed by atoms with Crippen molar-refractivity contribution in [2.45, 2.75) is 91.2 Å². The van der Waals surface area contributed by atoms with Crippen LogP contribution in [0.15, 0.2) is 18.2 Å². The van der Waals surface area contributed by atoms with Gasteiger partial charge in [-0.25, -0.2) is 4.79 Å². The van der Waals surface area contributed by atoms with Crippen LogP contribution < -0.4 is 15.7 Å². The van der Waals surface area contributed by atoms with E-state index in [1.165, 1.54) is 0 Å². The quantitative estimate of drug-likeness (QED) is 0.766. The van der Waals surface area contributed by atoms with Gasteiger partial charge in [-0.2, -0.15) is 0 Å². The van der Waals surface area contributed by atoms with Gasteiger partial charge >= 0.3 is 13.2 Å². The van der Waals surface area contributed by atoms with Gasteiger partial charge in [0.1, 0.15) is 0 Å². The minimum Gasteiger partial charge on any atom is -0.447 e. The summed E-state index contributed by atoms with van der Waals surface area (Å²) >= 11 is 0. The molecule has 1 saturated heterocycles. The molecule has 1 N–H and O–H groups in total. The third-order valence-electron chi connectivity index (χ3n) is 6.20. The predicted molar refractivity (Wildman–Crippen MR) is 117 cm³/mol. The van der Waals surface area contributed by atoms with E-state index in [0.717, 1.165) is 16.7 Å². The topological polar surface area (TPSA) is 77.1 Å². The lowest BCUT2D eigenvalue weighted by molar-refractivity contribution is -0.117. The Kier molecular flexibility index (Phi) is 5.95. The molecule has 30 heavy (non-hydrogen) atoms. The number of ether oxygens (including phenoxy) is 1. The Labute approximate surface area is 179 Å². The Bertz CT molecular complexity index is 823. The number of hydrogen-bond donors (Lipinski definition) is 1. The first-order valence-electron chi connectivity index (χ1n) is 10.6. The number of anilines is 1. The van der Waals surface area contributed by atoms with Crippen molar-refractivity contribution >= 4 is 30.3 Å².